The molecule has 2 aliphatic heterocycles. The number of phenols is 1. The van der Waals surface area contributed by atoms with E-state index in [1.165, 1.54) is 0 Å². The van der Waals surface area contributed by atoms with Gasteiger partial charge in [0.1, 0.15) is 30.5 Å². The number of fused-ring (bicyclic) bond motifs is 1. The van der Waals surface area contributed by atoms with Crippen LogP contribution in [-0.2, 0) is 0 Å². The zero-order chi connectivity index (χ0) is 24.6. The highest BCUT2D eigenvalue weighted by Gasteiger charge is 2.25. The van der Waals surface area contributed by atoms with E-state index >= 15 is 0 Å². The van der Waals surface area contributed by atoms with Crippen LogP contribution in [0.3, 0.4) is 0 Å². The lowest BCUT2D eigenvalue weighted by atomic mass is 9.93. The molecule has 1 saturated heterocycles. The van der Waals surface area contributed by atoms with Crippen molar-refractivity contribution >= 4 is 11.1 Å². The van der Waals surface area contributed by atoms with Crippen LogP contribution in [0.25, 0.3) is 11.1 Å². The Morgan fingerprint density at radius 2 is 1.89 bits per heavy atom. The first kappa shape index (κ1) is 24.3. The van der Waals surface area contributed by atoms with Crippen molar-refractivity contribution in [3.05, 3.63) is 89.5 Å². The largest absolute Gasteiger partial charge is 0.508 e. The molecule has 0 atom stereocenters. The number of halogens is 1. The second-order valence-electron chi connectivity index (χ2n) is 8.71. The number of aromatic hydroxyl groups is 1. The number of para-hydroxylation sites is 1. The van der Waals surface area contributed by atoms with Gasteiger partial charge in [0, 0.05) is 42.8 Å². The number of nitriles is 1. The molecule has 0 saturated carbocycles. The van der Waals surface area contributed by atoms with Gasteiger partial charge < -0.3 is 14.6 Å². The molecule has 35 heavy (non-hydrogen) atoms. The van der Waals surface area contributed by atoms with Crippen molar-refractivity contribution in [2.24, 2.45) is 5.92 Å². The van der Waals surface area contributed by atoms with Crippen molar-refractivity contribution in [2.45, 2.75) is 6.92 Å². The van der Waals surface area contributed by atoms with Crippen molar-refractivity contribution < 1.29 is 19.0 Å². The maximum Gasteiger partial charge on any atom is 0.130 e. The van der Waals surface area contributed by atoms with Gasteiger partial charge in [0.2, 0.25) is 0 Å². The van der Waals surface area contributed by atoms with Gasteiger partial charge >= 0.3 is 0 Å². The summed E-state index contributed by atoms with van der Waals surface area (Å²) in [6.07, 6.45) is 0. The number of allylic oxidation sites excluding steroid dienone is 1. The summed E-state index contributed by atoms with van der Waals surface area (Å²) in [5, 5.41) is 18.5. The van der Waals surface area contributed by atoms with Gasteiger partial charge in [0.05, 0.1) is 18.3 Å². The summed E-state index contributed by atoms with van der Waals surface area (Å²) in [6.45, 7) is 5.64. The molecule has 5 rings (SSSR count). The Hall–Kier alpha value is -3.82. The van der Waals surface area contributed by atoms with E-state index in [9.17, 15) is 9.50 Å². The monoisotopic (exact) mass is 472 g/mol. The van der Waals surface area contributed by atoms with Crippen LogP contribution >= 0.6 is 0 Å². The average Bonchev–Trinajstić information content (AvgIpc) is 2.86. The van der Waals surface area contributed by atoms with Gasteiger partial charge in [-0.15, -0.1) is 0 Å². The summed E-state index contributed by atoms with van der Waals surface area (Å²) < 4.78 is 23.4. The van der Waals surface area contributed by atoms with Crippen LogP contribution in [0.15, 0.2) is 72.8 Å². The zero-order valence-electron chi connectivity index (χ0n) is 19.8. The molecule has 180 valence electrons. The minimum absolute atomic E-state index is 0.184. The van der Waals surface area contributed by atoms with Crippen LogP contribution in [0.5, 0.6) is 17.2 Å². The first-order valence-corrected chi connectivity index (χ1v) is 11.7. The fraction of sp³-hybridized carbons (Fsp3) is 0.276. The van der Waals surface area contributed by atoms with Crippen molar-refractivity contribution in [3.8, 4) is 23.3 Å². The molecule has 3 aromatic carbocycles. The quantitative estimate of drug-likeness (QED) is 0.509. The van der Waals surface area contributed by atoms with Crippen LogP contribution in [0, 0.1) is 17.2 Å². The Labute approximate surface area is 205 Å². The maximum atomic E-state index is 12.1. The lowest BCUT2D eigenvalue weighted by Crippen LogP contribution is -2.49. The standard InChI is InChI=1S/C17H13NO2.C12H16FNO/c1-11-15-6-5-14(19)8-17(15)20-10-16(11)13-4-2-3-12(7-13)9-18;13-8-11-9-14(10-11)6-7-15-12-4-2-1-3-5-12/h2-8,19H,10H2,1H3;1-5,11H,6-10H2. The molecule has 6 heteroatoms. The first-order chi connectivity index (χ1) is 17.1. The molecule has 2 heterocycles. The normalized spacial score (nSPS) is 15.1. The molecule has 1 N–H and O–H groups in total. The van der Waals surface area contributed by atoms with Crippen LogP contribution in [-0.4, -0.2) is 49.5 Å². The molecule has 0 spiro atoms. The summed E-state index contributed by atoms with van der Waals surface area (Å²) in [4.78, 5) is 2.22. The lowest BCUT2D eigenvalue weighted by molar-refractivity contribution is 0.0668. The predicted molar refractivity (Wildman–Crippen MR) is 135 cm³/mol. The fourth-order valence-corrected chi connectivity index (χ4v) is 4.20. The summed E-state index contributed by atoms with van der Waals surface area (Å²) in [5.74, 6) is 2.07. The summed E-state index contributed by atoms with van der Waals surface area (Å²) >= 11 is 0. The molecule has 0 amide bonds. The molecule has 0 aromatic heterocycles. The highest BCUT2D eigenvalue weighted by atomic mass is 19.1. The van der Waals surface area contributed by atoms with E-state index in [2.05, 4.69) is 11.0 Å². The molecule has 2 aliphatic rings. The predicted octanol–water partition coefficient (Wildman–Crippen LogP) is 5.55. The van der Waals surface area contributed by atoms with Crippen molar-refractivity contribution in [2.75, 3.05) is 39.5 Å². The van der Waals surface area contributed by atoms with E-state index in [4.69, 9.17) is 14.7 Å². The number of ether oxygens (including phenoxy) is 2. The van der Waals surface area contributed by atoms with Gasteiger partial charge in [-0.2, -0.15) is 5.26 Å². The average molecular weight is 473 g/mol. The maximum absolute atomic E-state index is 12.1. The third-order valence-electron chi connectivity index (χ3n) is 6.20. The van der Waals surface area contributed by atoms with E-state index in [1.54, 1.807) is 18.2 Å². The molecule has 0 radical (unpaired) electrons. The van der Waals surface area contributed by atoms with Gasteiger partial charge in [0.15, 0.2) is 0 Å². The number of likely N-dealkylation sites (tertiary alicyclic amines) is 1. The SMILES string of the molecule is CC1=C(c2cccc(C#N)c2)COc2cc(O)ccc21.FCC1CN(CCOc2ccccc2)C1. The summed E-state index contributed by atoms with van der Waals surface area (Å²) in [6, 6.07) is 24.6. The van der Waals surface area contributed by atoms with Gasteiger partial charge in [-0.25, -0.2) is 0 Å². The van der Waals surface area contributed by atoms with E-state index in [-0.39, 0.29) is 18.3 Å². The highest BCUT2D eigenvalue weighted by molar-refractivity contribution is 5.93. The number of benzene rings is 3. The van der Waals surface area contributed by atoms with Crippen LogP contribution < -0.4 is 9.47 Å². The molecule has 0 unspecified atom stereocenters. The third kappa shape index (κ3) is 6.20. The molecule has 0 aliphatic carbocycles. The lowest BCUT2D eigenvalue weighted by Gasteiger charge is -2.37. The number of rotatable bonds is 6. The second kappa shape index (κ2) is 11.5. The van der Waals surface area contributed by atoms with Crippen molar-refractivity contribution in [3.63, 3.8) is 0 Å². The van der Waals surface area contributed by atoms with E-state index in [1.807, 2.05) is 61.5 Å². The molecule has 0 bridgehead atoms. The Bertz CT molecular complexity index is 1210. The number of hydrogen-bond donors (Lipinski definition) is 1. The number of phenolic OH excluding ortho intramolecular Hbond substituents is 1. The van der Waals surface area contributed by atoms with E-state index < -0.39 is 0 Å². The molecule has 5 nitrogen and oxygen atoms in total. The van der Waals surface area contributed by atoms with Crippen LogP contribution in [0.4, 0.5) is 4.39 Å². The smallest absolute Gasteiger partial charge is 0.130 e. The van der Waals surface area contributed by atoms with E-state index in [0.29, 0.717) is 24.5 Å². The summed E-state index contributed by atoms with van der Waals surface area (Å²) in [5.41, 5.74) is 4.80. The van der Waals surface area contributed by atoms with Crippen molar-refractivity contribution in [1.82, 2.24) is 4.90 Å². The number of nitrogens with zero attached hydrogens (tertiary/aromatic N) is 2. The van der Waals surface area contributed by atoms with Gasteiger partial charge in [0.25, 0.3) is 0 Å². The molecule has 1 fully saturated rings. The Kier molecular flexibility index (Phi) is 8.02. The van der Waals surface area contributed by atoms with Crippen molar-refractivity contribution in [1.29, 1.82) is 5.26 Å². The van der Waals surface area contributed by atoms with Gasteiger partial charge in [-0.05, 0) is 54.5 Å². The zero-order valence-corrected chi connectivity index (χ0v) is 19.8. The number of alkyl halides is 1. The Morgan fingerprint density at radius 3 is 2.63 bits per heavy atom. The van der Waals surface area contributed by atoms with Gasteiger partial charge in [-0.3, -0.25) is 9.29 Å². The molecular weight excluding hydrogens is 443 g/mol. The number of hydrogen-bond acceptors (Lipinski definition) is 5. The van der Waals surface area contributed by atoms with Gasteiger partial charge in [-0.1, -0.05) is 30.3 Å². The second-order valence-corrected chi connectivity index (χ2v) is 8.71. The Balaban J connectivity index is 0.000000172. The fourth-order valence-electron chi connectivity index (χ4n) is 4.20. The topological polar surface area (TPSA) is 65.7 Å². The minimum Gasteiger partial charge on any atom is -0.508 e. The molecule has 3 aromatic rings. The Morgan fingerprint density at radius 1 is 1.09 bits per heavy atom. The first-order valence-electron chi connectivity index (χ1n) is 11.7. The van der Waals surface area contributed by atoms with Crippen LogP contribution in [0.2, 0.25) is 0 Å². The van der Waals surface area contributed by atoms with Crippen LogP contribution in [0.1, 0.15) is 23.6 Å². The highest BCUT2D eigenvalue weighted by Crippen LogP contribution is 2.38. The van der Waals surface area contributed by atoms with E-state index in [0.717, 1.165) is 47.7 Å². The minimum atomic E-state index is -0.184. The molecular formula is C29H29FN2O3. The summed E-state index contributed by atoms with van der Waals surface area (Å²) in [7, 11) is 0. The third-order valence-corrected chi connectivity index (χ3v) is 6.20.